The van der Waals surface area contributed by atoms with Gasteiger partial charge in [0.15, 0.2) is 11.6 Å². The van der Waals surface area contributed by atoms with Gasteiger partial charge in [-0.3, -0.25) is 4.57 Å². The predicted molar refractivity (Wildman–Crippen MR) is 292 cm³/mol. The van der Waals surface area contributed by atoms with E-state index in [0.717, 1.165) is 71.7 Å². The largest absolute Gasteiger partial charge is 0.309 e. The highest BCUT2D eigenvalue weighted by Crippen LogP contribution is 2.44. The molecule has 0 saturated heterocycles. The molecule has 15 aromatic rings. The number of para-hydroxylation sites is 3. The summed E-state index contributed by atoms with van der Waals surface area (Å²) in [7, 11) is 0. The van der Waals surface area contributed by atoms with Gasteiger partial charge in [0.25, 0.3) is 0 Å². The lowest BCUT2D eigenvalue weighted by atomic mass is 10.1. The topological polar surface area (TPSA) is 53.5 Å². The Hall–Kier alpha value is -9.17. The van der Waals surface area contributed by atoms with Crippen LogP contribution in [0.15, 0.2) is 231 Å². The van der Waals surface area contributed by atoms with Crippen molar-refractivity contribution in [3.05, 3.63) is 231 Å². The number of hydrogen-bond acceptors (Lipinski definition) is 4. The third-order valence-electron chi connectivity index (χ3n) is 14.1. The molecule has 0 atom stereocenters. The van der Waals surface area contributed by atoms with Gasteiger partial charge < -0.3 is 9.13 Å². The second-order valence-electron chi connectivity index (χ2n) is 18.0. The SMILES string of the molecule is c1ccc(-c2ccc(-n3c4ccc(-n5c6ccccc6c6ccccc65)cc4c4ccc5c6ccccc6n(-c6nc(-c7ccccc7)nc(-c7ccc8sc9ccccc9c8c7)n6)c5c43)cc2)cc1. The maximum absolute atomic E-state index is 5.49. The highest BCUT2D eigenvalue weighted by molar-refractivity contribution is 7.25. The van der Waals surface area contributed by atoms with E-state index in [4.69, 9.17) is 15.0 Å². The zero-order valence-corrected chi connectivity index (χ0v) is 38.3. The fraction of sp³-hybridized carbons (Fsp3) is 0. The van der Waals surface area contributed by atoms with Gasteiger partial charge in [-0.2, -0.15) is 9.97 Å². The molecule has 10 aromatic carbocycles. The zero-order chi connectivity index (χ0) is 45.9. The summed E-state index contributed by atoms with van der Waals surface area (Å²) in [6.07, 6.45) is 0. The first kappa shape index (κ1) is 38.9. The number of benzene rings is 10. The van der Waals surface area contributed by atoms with E-state index < -0.39 is 0 Å². The fourth-order valence-corrected chi connectivity index (χ4v) is 12.1. The van der Waals surface area contributed by atoms with Gasteiger partial charge in [0, 0.05) is 75.0 Å². The van der Waals surface area contributed by atoms with Crippen molar-refractivity contribution in [2.75, 3.05) is 0 Å². The van der Waals surface area contributed by atoms with Crippen LogP contribution in [-0.4, -0.2) is 28.7 Å². The normalized spacial score (nSPS) is 12.0. The van der Waals surface area contributed by atoms with E-state index in [9.17, 15) is 0 Å². The van der Waals surface area contributed by atoms with Gasteiger partial charge in [-0.05, 0) is 83.9 Å². The van der Waals surface area contributed by atoms with Gasteiger partial charge in [-0.25, -0.2) is 4.98 Å². The predicted octanol–water partition coefficient (Wildman–Crippen LogP) is 16.5. The molecule has 0 unspecified atom stereocenters. The zero-order valence-electron chi connectivity index (χ0n) is 37.5. The standard InChI is InChI=1S/C63H38N6S/c1-3-15-39(16-4-1)40-27-30-43(31-28-40)68-56-35-32-44(67-53-23-11-7-19-45(53)46-20-8-12-24-54(46)67)38-51(56)50-34-33-49-47-21-9-13-25-55(47)69(60(49)59(50)68)63-65-61(41-17-5-2-6-18-41)64-62(66-63)42-29-36-58-52(37-42)48-22-10-14-26-57(48)70-58/h1-38H. The summed E-state index contributed by atoms with van der Waals surface area (Å²) in [5, 5.41) is 9.43. The molecule has 70 heavy (non-hydrogen) atoms. The molecular weight excluding hydrogens is 873 g/mol. The van der Waals surface area contributed by atoms with Crippen LogP contribution in [0.2, 0.25) is 0 Å². The summed E-state index contributed by atoms with van der Waals surface area (Å²) in [6.45, 7) is 0. The van der Waals surface area contributed by atoms with E-state index >= 15 is 0 Å². The number of fused-ring (bicyclic) bond motifs is 13. The Morgan fingerprint density at radius 3 is 1.46 bits per heavy atom. The molecule has 0 bridgehead atoms. The smallest absolute Gasteiger partial charge is 0.238 e. The molecular formula is C63H38N6S. The number of hydrogen-bond donors (Lipinski definition) is 0. The van der Waals surface area contributed by atoms with Crippen LogP contribution in [0.5, 0.6) is 0 Å². The van der Waals surface area contributed by atoms with E-state index in [0.29, 0.717) is 17.6 Å². The fourth-order valence-electron chi connectivity index (χ4n) is 11.0. The van der Waals surface area contributed by atoms with Crippen molar-refractivity contribution in [3.63, 3.8) is 0 Å². The molecule has 0 spiro atoms. The molecule has 0 N–H and O–H groups in total. The van der Waals surface area contributed by atoms with E-state index in [1.165, 1.54) is 47.5 Å². The molecule has 0 aliphatic rings. The maximum atomic E-state index is 5.49. The Balaban J connectivity index is 1.05. The first-order chi connectivity index (χ1) is 34.7. The number of nitrogens with zero attached hydrogens (tertiary/aromatic N) is 6. The summed E-state index contributed by atoms with van der Waals surface area (Å²) in [5.74, 6) is 1.79. The van der Waals surface area contributed by atoms with Crippen molar-refractivity contribution in [1.29, 1.82) is 0 Å². The molecule has 326 valence electrons. The first-order valence-electron chi connectivity index (χ1n) is 23.6. The van der Waals surface area contributed by atoms with Crippen molar-refractivity contribution in [3.8, 4) is 51.2 Å². The van der Waals surface area contributed by atoms with Crippen molar-refractivity contribution >= 4 is 96.9 Å². The van der Waals surface area contributed by atoms with Crippen LogP contribution in [-0.2, 0) is 0 Å². The summed E-state index contributed by atoms with van der Waals surface area (Å²) < 4.78 is 9.63. The van der Waals surface area contributed by atoms with Crippen LogP contribution in [0, 0.1) is 0 Å². The van der Waals surface area contributed by atoms with Gasteiger partial charge in [0.2, 0.25) is 5.95 Å². The number of rotatable bonds is 6. The Morgan fingerprint density at radius 2 is 0.757 bits per heavy atom. The summed E-state index contributed by atoms with van der Waals surface area (Å²) in [4.78, 5) is 16.2. The maximum Gasteiger partial charge on any atom is 0.238 e. The minimum Gasteiger partial charge on any atom is -0.309 e. The Kier molecular flexibility index (Phi) is 8.43. The van der Waals surface area contributed by atoms with Crippen molar-refractivity contribution in [2.24, 2.45) is 0 Å². The molecule has 0 radical (unpaired) electrons. The van der Waals surface area contributed by atoms with E-state index in [1.54, 1.807) is 0 Å². The first-order valence-corrected chi connectivity index (χ1v) is 24.4. The molecule has 6 nitrogen and oxygen atoms in total. The highest BCUT2D eigenvalue weighted by atomic mass is 32.1. The van der Waals surface area contributed by atoms with E-state index in [1.807, 2.05) is 29.5 Å². The van der Waals surface area contributed by atoms with Crippen LogP contribution in [0.4, 0.5) is 0 Å². The van der Waals surface area contributed by atoms with Crippen molar-refractivity contribution < 1.29 is 0 Å². The van der Waals surface area contributed by atoms with Gasteiger partial charge in [-0.1, -0.05) is 158 Å². The summed E-state index contributed by atoms with van der Waals surface area (Å²) >= 11 is 1.81. The average molecular weight is 911 g/mol. The van der Waals surface area contributed by atoms with Crippen LogP contribution in [0.25, 0.3) is 137 Å². The molecule has 0 aliphatic carbocycles. The van der Waals surface area contributed by atoms with Crippen molar-refractivity contribution in [1.82, 2.24) is 28.7 Å². The molecule has 5 aromatic heterocycles. The molecule has 0 fully saturated rings. The van der Waals surface area contributed by atoms with Gasteiger partial charge >= 0.3 is 0 Å². The monoisotopic (exact) mass is 910 g/mol. The summed E-state index contributed by atoms with van der Waals surface area (Å²) in [5.41, 5.74) is 12.9. The van der Waals surface area contributed by atoms with Crippen LogP contribution < -0.4 is 0 Å². The molecule has 15 rings (SSSR count). The molecule has 5 heterocycles. The minimum absolute atomic E-state index is 0.556. The van der Waals surface area contributed by atoms with E-state index in [2.05, 4.69) is 226 Å². The number of thiophene rings is 1. The van der Waals surface area contributed by atoms with Gasteiger partial charge in [0.05, 0.1) is 33.1 Å². The summed E-state index contributed by atoms with van der Waals surface area (Å²) in [6, 6.07) is 82.7. The van der Waals surface area contributed by atoms with Crippen molar-refractivity contribution in [2.45, 2.75) is 0 Å². The molecule has 0 aliphatic heterocycles. The Morgan fingerprint density at radius 1 is 0.271 bits per heavy atom. The quantitative estimate of drug-likeness (QED) is 0.167. The van der Waals surface area contributed by atoms with Crippen LogP contribution in [0.3, 0.4) is 0 Å². The third-order valence-corrected chi connectivity index (χ3v) is 15.3. The molecule has 0 saturated carbocycles. The lowest BCUT2D eigenvalue weighted by Gasteiger charge is -2.14. The van der Waals surface area contributed by atoms with Crippen LogP contribution >= 0.6 is 11.3 Å². The van der Waals surface area contributed by atoms with Crippen LogP contribution in [0.1, 0.15) is 0 Å². The average Bonchev–Trinajstić information content (AvgIpc) is 4.17. The van der Waals surface area contributed by atoms with E-state index in [-0.39, 0.29) is 0 Å². The Labute approximate surface area is 405 Å². The van der Waals surface area contributed by atoms with Gasteiger partial charge in [0.1, 0.15) is 0 Å². The molecule has 7 heteroatoms. The number of aromatic nitrogens is 6. The lowest BCUT2D eigenvalue weighted by Crippen LogP contribution is -2.07. The Bertz CT molecular complexity index is 4530. The highest BCUT2D eigenvalue weighted by Gasteiger charge is 2.25. The molecule has 0 amide bonds. The second kappa shape index (κ2) is 15.2. The third kappa shape index (κ3) is 5.82. The second-order valence-corrected chi connectivity index (χ2v) is 19.1. The van der Waals surface area contributed by atoms with Gasteiger partial charge in [-0.15, -0.1) is 11.3 Å². The minimum atomic E-state index is 0.556. The lowest BCUT2D eigenvalue weighted by molar-refractivity contribution is 0.953.